The first-order chi connectivity index (χ1) is 12.5. The molecule has 0 spiro atoms. The van der Waals surface area contributed by atoms with Gasteiger partial charge in [0.15, 0.2) is 0 Å². The fourth-order valence-electron chi connectivity index (χ4n) is 2.36. The number of carbonyl (C=O) groups is 2. The molecule has 5 heteroatoms. The zero-order valence-corrected chi connectivity index (χ0v) is 15.3. The number of nitrogens with one attached hydrogen (secondary N) is 2. The summed E-state index contributed by atoms with van der Waals surface area (Å²) in [6.07, 6.45) is 3.10. The van der Waals surface area contributed by atoms with Gasteiger partial charge in [0.2, 0.25) is 11.8 Å². The van der Waals surface area contributed by atoms with Crippen LogP contribution in [-0.4, -0.2) is 25.0 Å². The largest absolute Gasteiger partial charge is 0.497 e. The van der Waals surface area contributed by atoms with Crippen molar-refractivity contribution in [3.05, 3.63) is 71.3 Å². The van der Waals surface area contributed by atoms with Gasteiger partial charge in [0.05, 0.1) is 7.11 Å². The van der Waals surface area contributed by atoms with Crippen molar-refractivity contribution in [1.82, 2.24) is 10.6 Å². The summed E-state index contributed by atoms with van der Waals surface area (Å²) in [7, 11) is 1.60. The lowest BCUT2D eigenvalue weighted by Gasteiger charge is -2.14. The highest BCUT2D eigenvalue weighted by atomic mass is 16.5. The molecule has 136 valence electrons. The molecular formula is C21H24N2O3. The molecule has 2 aromatic carbocycles. The maximum atomic E-state index is 12.1. The number of hydrogen-bond donors (Lipinski definition) is 2. The summed E-state index contributed by atoms with van der Waals surface area (Å²) in [5.41, 5.74) is 3.04. The van der Waals surface area contributed by atoms with Crippen LogP contribution in [0.1, 0.15) is 23.6 Å². The molecule has 2 amide bonds. The lowest BCUT2D eigenvalue weighted by molar-refractivity contribution is -0.126. The second-order valence-corrected chi connectivity index (χ2v) is 5.98. The quantitative estimate of drug-likeness (QED) is 0.753. The van der Waals surface area contributed by atoms with E-state index in [1.807, 2.05) is 55.5 Å². The molecular weight excluding hydrogens is 328 g/mol. The van der Waals surface area contributed by atoms with Gasteiger partial charge in [0.25, 0.3) is 0 Å². The molecule has 1 atom stereocenters. The Labute approximate surface area is 154 Å². The molecule has 0 aliphatic heterocycles. The molecule has 2 N–H and O–H groups in total. The number of ether oxygens (including phenoxy) is 1. The van der Waals surface area contributed by atoms with E-state index in [0.717, 1.165) is 22.4 Å². The van der Waals surface area contributed by atoms with Gasteiger partial charge in [-0.05, 0) is 48.7 Å². The Bertz CT molecular complexity index is 782. The Morgan fingerprint density at radius 2 is 1.81 bits per heavy atom. The van der Waals surface area contributed by atoms with Crippen LogP contribution in [0.2, 0.25) is 0 Å². The molecule has 2 aromatic rings. The van der Waals surface area contributed by atoms with Gasteiger partial charge in [-0.3, -0.25) is 9.59 Å². The molecule has 1 unspecified atom stereocenters. The SMILES string of the molecule is COc1ccc(C=CC(=O)NC(C)C(=O)NCc2ccccc2C)cc1. The highest BCUT2D eigenvalue weighted by Gasteiger charge is 2.14. The molecule has 0 aliphatic rings. The molecule has 0 saturated heterocycles. The lowest BCUT2D eigenvalue weighted by Crippen LogP contribution is -2.44. The van der Waals surface area contributed by atoms with Crippen LogP contribution in [0.5, 0.6) is 5.75 Å². The van der Waals surface area contributed by atoms with Gasteiger partial charge in [-0.25, -0.2) is 0 Å². The van der Waals surface area contributed by atoms with E-state index in [1.54, 1.807) is 20.1 Å². The molecule has 0 aromatic heterocycles. The van der Waals surface area contributed by atoms with Gasteiger partial charge in [-0.2, -0.15) is 0 Å². The molecule has 0 heterocycles. The summed E-state index contributed by atoms with van der Waals surface area (Å²) in [6.45, 7) is 4.09. The minimum atomic E-state index is -0.618. The van der Waals surface area contributed by atoms with Crippen molar-refractivity contribution < 1.29 is 14.3 Å². The zero-order chi connectivity index (χ0) is 18.9. The highest BCUT2D eigenvalue weighted by molar-refractivity contribution is 5.95. The van der Waals surface area contributed by atoms with E-state index in [-0.39, 0.29) is 11.8 Å². The summed E-state index contributed by atoms with van der Waals surface area (Å²) in [5, 5.41) is 5.50. The normalized spacial score (nSPS) is 11.8. The van der Waals surface area contributed by atoms with Crippen LogP contribution < -0.4 is 15.4 Å². The minimum Gasteiger partial charge on any atom is -0.497 e. The van der Waals surface area contributed by atoms with Crippen LogP contribution in [0.3, 0.4) is 0 Å². The van der Waals surface area contributed by atoms with E-state index in [2.05, 4.69) is 10.6 Å². The van der Waals surface area contributed by atoms with E-state index in [9.17, 15) is 9.59 Å². The van der Waals surface area contributed by atoms with E-state index >= 15 is 0 Å². The minimum absolute atomic E-state index is 0.223. The first-order valence-corrected chi connectivity index (χ1v) is 8.44. The second-order valence-electron chi connectivity index (χ2n) is 5.98. The topological polar surface area (TPSA) is 67.4 Å². The number of aryl methyl sites for hydroxylation is 1. The van der Waals surface area contributed by atoms with Crippen LogP contribution in [0.15, 0.2) is 54.6 Å². The van der Waals surface area contributed by atoms with E-state index in [4.69, 9.17) is 4.74 Å². The van der Waals surface area contributed by atoms with Gasteiger partial charge in [0, 0.05) is 12.6 Å². The predicted octanol–water partition coefficient (Wildman–Crippen LogP) is 2.84. The van der Waals surface area contributed by atoms with Gasteiger partial charge in [-0.15, -0.1) is 0 Å². The molecule has 0 fully saturated rings. The molecule has 0 aliphatic carbocycles. The summed E-state index contributed by atoms with van der Waals surface area (Å²) in [5.74, 6) is 0.212. The lowest BCUT2D eigenvalue weighted by atomic mass is 10.1. The Morgan fingerprint density at radius 3 is 2.46 bits per heavy atom. The third kappa shape index (κ3) is 5.77. The Kier molecular flexibility index (Phi) is 6.97. The molecule has 26 heavy (non-hydrogen) atoms. The average Bonchev–Trinajstić information content (AvgIpc) is 2.65. The first kappa shape index (κ1) is 19.2. The number of methoxy groups -OCH3 is 1. The van der Waals surface area contributed by atoms with Crippen molar-refractivity contribution >= 4 is 17.9 Å². The molecule has 2 rings (SSSR count). The van der Waals surface area contributed by atoms with Crippen LogP contribution in [0.25, 0.3) is 6.08 Å². The summed E-state index contributed by atoms with van der Waals surface area (Å²) >= 11 is 0. The van der Waals surface area contributed by atoms with Crippen LogP contribution in [0.4, 0.5) is 0 Å². The predicted molar refractivity (Wildman–Crippen MR) is 103 cm³/mol. The van der Waals surface area contributed by atoms with Crippen LogP contribution in [0, 0.1) is 6.92 Å². The smallest absolute Gasteiger partial charge is 0.244 e. The number of benzene rings is 2. The second kappa shape index (κ2) is 9.42. The Balaban J connectivity index is 1.82. The van der Waals surface area contributed by atoms with Crippen LogP contribution >= 0.6 is 0 Å². The van der Waals surface area contributed by atoms with Crippen molar-refractivity contribution in [2.24, 2.45) is 0 Å². The van der Waals surface area contributed by atoms with Crippen molar-refractivity contribution in [2.45, 2.75) is 26.4 Å². The van der Waals surface area contributed by atoms with Crippen molar-refractivity contribution in [1.29, 1.82) is 0 Å². The first-order valence-electron chi connectivity index (χ1n) is 8.44. The Morgan fingerprint density at radius 1 is 1.12 bits per heavy atom. The fourth-order valence-corrected chi connectivity index (χ4v) is 2.36. The van der Waals surface area contributed by atoms with Crippen LogP contribution in [-0.2, 0) is 16.1 Å². The van der Waals surface area contributed by atoms with Gasteiger partial charge >= 0.3 is 0 Å². The highest BCUT2D eigenvalue weighted by Crippen LogP contribution is 2.12. The van der Waals surface area contributed by atoms with E-state index in [1.165, 1.54) is 6.08 Å². The number of carbonyl (C=O) groups excluding carboxylic acids is 2. The fraction of sp³-hybridized carbons (Fsp3) is 0.238. The Hall–Kier alpha value is -3.08. The maximum Gasteiger partial charge on any atom is 0.244 e. The number of amides is 2. The number of rotatable bonds is 7. The molecule has 0 saturated carbocycles. The average molecular weight is 352 g/mol. The van der Waals surface area contributed by atoms with Crippen molar-refractivity contribution in [3.8, 4) is 5.75 Å². The summed E-state index contributed by atoms with van der Waals surface area (Å²) in [4.78, 5) is 24.1. The summed E-state index contributed by atoms with van der Waals surface area (Å²) in [6, 6.07) is 14.6. The monoisotopic (exact) mass is 352 g/mol. The van der Waals surface area contributed by atoms with Gasteiger partial charge in [-0.1, -0.05) is 36.4 Å². The number of hydrogen-bond acceptors (Lipinski definition) is 3. The van der Waals surface area contributed by atoms with Gasteiger partial charge < -0.3 is 15.4 Å². The summed E-state index contributed by atoms with van der Waals surface area (Å²) < 4.78 is 5.09. The standard InChI is InChI=1S/C21H24N2O3/c1-15-6-4-5-7-18(15)14-22-21(25)16(2)23-20(24)13-10-17-8-11-19(26-3)12-9-17/h4-13,16H,14H2,1-3H3,(H,22,25)(H,23,24). The molecule has 0 radical (unpaired) electrons. The van der Waals surface area contributed by atoms with E-state index in [0.29, 0.717) is 6.54 Å². The molecule has 0 bridgehead atoms. The third-order valence-electron chi connectivity index (χ3n) is 4.01. The molecule has 5 nitrogen and oxygen atoms in total. The third-order valence-corrected chi connectivity index (χ3v) is 4.01. The van der Waals surface area contributed by atoms with Crippen molar-refractivity contribution in [3.63, 3.8) is 0 Å². The maximum absolute atomic E-state index is 12.1. The van der Waals surface area contributed by atoms with Gasteiger partial charge in [0.1, 0.15) is 11.8 Å². The zero-order valence-electron chi connectivity index (χ0n) is 15.3. The van der Waals surface area contributed by atoms with Crippen molar-refractivity contribution in [2.75, 3.05) is 7.11 Å². The van der Waals surface area contributed by atoms with E-state index < -0.39 is 6.04 Å².